The first kappa shape index (κ1) is 18.4. The summed E-state index contributed by atoms with van der Waals surface area (Å²) >= 11 is 0. The standard InChI is InChI=1S/C14H15F4N7/c1-8-10(5-25(24-8)13(2,6-15)7-19)22-12-21-4-9(14(16,17)18)11(20-3)23-12/h4-5H,6H2,1-3H3,(H2,20,21,22,23). The van der Waals surface area contributed by atoms with Crippen molar-refractivity contribution in [1.82, 2.24) is 19.7 Å². The van der Waals surface area contributed by atoms with Gasteiger partial charge in [-0.25, -0.2) is 14.1 Å². The Bertz CT molecular complexity index is 808. The number of hydrogen-bond acceptors (Lipinski definition) is 6. The van der Waals surface area contributed by atoms with Gasteiger partial charge in [0.15, 0.2) is 5.54 Å². The van der Waals surface area contributed by atoms with Gasteiger partial charge >= 0.3 is 6.18 Å². The second-order valence-corrected chi connectivity index (χ2v) is 5.42. The monoisotopic (exact) mass is 357 g/mol. The van der Waals surface area contributed by atoms with Gasteiger partial charge in [-0.2, -0.15) is 28.5 Å². The van der Waals surface area contributed by atoms with Crippen molar-refractivity contribution in [1.29, 1.82) is 5.26 Å². The minimum atomic E-state index is -4.59. The summed E-state index contributed by atoms with van der Waals surface area (Å²) in [5.41, 5.74) is -1.73. The summed E-state index contributed by atoms with van der Waals surface area (Å²) in [6, 6.07) is 1.82. The van der Waals surface area contributed by atoms with Gasteiger partial charge in [0.05, 0.1) is 23.6 Å². The Hall–Kier alpha value is -2.90. The van der Waals surface area contributed by atoms with Gasteiger partial charge in [0.25, 0.3) is 0 Å². The number of alkyl halides is 4. The van der Waals surface area contributed by atoms with Gasteiger partial charge < -0.3 is 10.6 Å². The molecule has 2 N–H and O–H groups in total. The molecule has 2 aromatic rings. The number of hydrogen-bond donors (Lipinski definition) is 2. The zero-order chi connectivity index (χ0) is 18.8. The van der Waals surface area contributed by atoms with E-state index >= 15 is 0 Å². The Kier molecular flexibility index (Phi) is 4.82. The molecule has 0 aliphatic carbocycles. The van der Waals surface area contributed by atoms with Gasteiger partial charge in [-0.3, -0.25) is 0 Å². The molecule has 0 bridgehead atoms. The molecule has 1 unspecified atom stereocenters. The molecule has 0 amide bonds. The molecule has 1 atom stereocenters. The lowest BCUT2D eigenvalue weighted by atomic mass is 10.1. The van der Waals surface area contributed by atoms with Gasteiger partial charge in [0, 0.05) is 13.2 Å². The van der Waals surface area contributed by atoms with Crippen molar-refractivity contribution in [3.05, 3.63) is 23.7 Å². The van der Waals surface area contributed by atoms with Crippen LogP contribution in [-0.4, -0.2) is 33.5 Å². The predicted molar refractivity (Wildman–Crippen MR) is 82.1 cm³/mol. The van der Waals surface area contributed by atoms with Gasteiger partial charge in [-0.05, 0) is 13.8 Å². The lowest BCUT2D eigenvalue weighted by Gasteiger charge is -2.17. The van der Waals surface area contributed by atoms with Crippen LogP contribution in [0.2, 0.25) is 0 Å². The van der Waals surface area contributed by atoms with E-state index in [4.69, 9.17) is 5.26 Å². The predicted octanol–water partition coefficient (Wildman–Crippen LogP) is 2.99. The summed E-state index contributed by atoms with van der Waals surface area (Å²) in [7, 11) is 1.31. The largest absolute Gasteiger partial charge is 0.421 e. The van der Waals surface area contributed by atoms with Gasteiger partial charge in [-0.15, -0.1) is 0 Å². The van der Waals surface area contributed by atoms with E-state index in [9.17, 15) is 17.6 Å². The normalized spacial score (nSPS) is 13.8. The fourth-order valence-electron chi connectivity index (χ4n) is 1.94. The van der Waals surface area contributed by atoms with Crippen LogP contribution < -0.4 is 10.6 Å². The summed E-state index contributed by atoms with van der Waals surface area (Å²) in [6.45, 7) is 2.01. The van der Waals surface area contributed by atoms with Crippen LogP contribution in [0.25, 0.3) is 0 Å². The zero-order valence-corrected chi connectivity index (χ0v) is 13.6. The molecule has 0 aliphatic heterocycles. The molecule has 0 aliphatic rings. The molecule has 0 aromatic carbocycles. The number of nitrogens with one attached hydrogen (secondary N) is 2. The van der Waals surface area contributed by atoms with E-state index in [-0.39, 0.29) is 11.8 Å². The van der Waals surface area contributed by atoms with Crippen molar-refractivity contribution < 1.29 is 17.6 Å². The minimum Gasteiger partial charge on any atom is -0.372 e. The van der Waals surface area contributed by atoms with Crippen LogP contribution in [-0.2, 0) is 11.7 Å². The van der Waals surface area contributed by atoms with Crippen LogP contribution in [0.15, 0.2) is 12.4 Å². The zero-order valence-electron chi connectivity index (χ0n) is 13.6. The lowest BCUT2D eigenvalue weighted by molar-refractivity contribution is -0.137. The minimum absolute atomic E-state index is 0.0982. The first-order valence-electron chi connectivity index (χ1n) is 7.07. The maximum atomic E-state index is 13.1. The Morgan fingerprint density at radius 1 is 1.36 bits per heavy atom. The average Bonchev–Trinajstić information content (AvgIpc) is 2.94. The molecule has 0 spiro atoms. The molecule has 0 saturated carbocycles. The van der Waals surface area contributed by atoms with Crippen molar-refractivity contribution in [3.8, 4) is 6.07 Å². The summed E-state index contributed by atoms with van der Waals surface area (Å²) in [4.78, 5) is 7.42. The SMILES string of the molecule is CNc1nc(Nc2cn(C(C)(C#N)CF)nc2C)ncc1C(F)(F)F. The summed E-state index contributed by atoms with van der Waals surface area (Å²) in [5.74, 6) is -0.487. The van der Waals surface area contributed by atoms with E-state index in [1.807, 2.05) is 6.07 Å². The van der Waals surface area contributed by atoms with E-state index < -0.39 is 24.0 Å². The molecular formula is C14H15F4N7. The molecule has 0 saturated heterocycles. The van der Waals surface area contributed by atoms with Gasteiger partial charge in [0.2, 0.25) is 5.95 Å². The van der Waals surface area contributed by atoms with Crippen LogP contribution in [0.4, 0.5) is 35.0 Å². The highest BCUT2D eigenvalue weighted by Gasteiger charge is 2.35. The molecular weight excluding hydrogens is 342 g/mol. The third-order valence-electron chi connectivity index (χ3n) is 3.48. The first-order chi connectivity index (χ1) is 11.6. The molecule has 134 valence electrons. The van der Waals surface area contributed by atoms with E-state index in [2.05, 4.69) is 25.7 Å². The second kappa shape index (κ2) is 6.54. The first-order valence-corrected chi connectivity index (χ1v) is 7.07. The molecule has 0 fully saturated rings. The molecule has 2 heterocycles. The van der Waals surface area contributed by atoms with Crippen LogP contribution in [0.5, 0.6) is 0 Å². The van der Waals surface area contributed by atoms with E-state index in [0.29, 0.717) is 17.6 Å². The quantitative estimate of drug-likeness (QED) is 0.800. The van der Waals surface area contributed by atoms with Crippen molar-refractivity contribution in [3.63, 3.8) is 0 Å². The maximum absolute atomic E-state index is 13.1. The van der Waals surface area contributed by atoms with Crippen LogP contribution in [0, 0.1) is 18.3 Å². The van der Waals surface area contributed by atoms with Crippen LogP contribution in [0.3, 0.4) is 0 Å². The van der Waals surface area contributed by atoms with Crippen LogP contribution in [0.1, 0.15) is 18.2 Å². The third kappa shape index (κ3) is 3.62. The number of halogens is 4. The molecule has 25 heavy (non-hydrogen) atoms. The smallest absolute Gasteiger partial charge is 0.372 e. The summed E-state index contributed by atoms with van der Waals surface area (Å²) in [5, 5.41) is 18.2. The fourth-order valence-corrected chi connectivity index (χ4v) is 1.94. The van der Waals surface area contributed by atoms with Crippen molar-refractivity contribution >= 4 is 17.5 Å². The summed E-state index contributed by atoms with van der Waals surface area (Å²) in [6.07, 6.45) is -2.56. The molecule has 7 nitrogen and oxygen atoms in total. The molecule has 2 aromatic heterocycles. The third-order valence-corrected chi connectivity index (χ3v) is 3.48. The highest BCUT2D eigenvalue weighted by atomic mass is 19.4. The van der Waals surface area contributed by atoms with Gasteiger partial charge in [-0.1, -0.05) is 0 Å². The Labute approximate surface area is 140 Å². The number of aryl methyl sites for hydroxylation is 1. The number of nitriles is 1. The van der Waals surface area contributed by atoms with Crippen molar-refractivity contribution in [2.75, 3.05) is 24.4 Å². The van der Waals surface area contributed by atoms with Crippen molar-refractivity contribution in [2.45, 2.75) is 25.6 Å². The highest BCUT2D eigenvalue weighted by molar-refractivity contribution is 5.58. The molecule has 11 heteroatoms. The second-order valence-electron chi connectivity index (χ2n) is 5.42. The summed E-state index contributed by atoms with van der Waals surface area (Å²) < 4.78 is 52.8. The highest BCUT2D eigenvalue weighted by Crippen LogP contribution is 2.34. The Morgan fingerprint density at radius 3 is 2.56 bits per heavy atom. The molecule has 2 rings (SSSR count). The van der Waals surface area contributed by atoms with Crippen LogP contribution >= 0.6 is 0 Å². The van der Waals surface area contributed by atoms with Crippen molar-refractivity contribution in [2.24, 2.45) is 0 Å². The fraction of sp³-hybridized carbons (Fsp3) is 0.429. The Balaban J connectivity index is 2.35. The molecule has 0 radical (unpaired) electrons. The average molecular weight is 357 g/mol. The van der Waals surface area contributed by atoms with E-state index in [0.717, 1.165) is 4.68 Å². The number of anilines is 3. The topological polar surface area (TPSA) is 91.5 Å². The number of nitrogens with zero attached hydrogens (tertiary/aromatic N) is 5. The number of rotatable bonds is 5. The van der Waals surface area contributed by atoms with E-state index in [1.54, 1.807) is 6.92 Å². The Morgan fingerprint density at radius 2 is 2.04 bits per heavy atom. The van der Waals surface area contributed by atoms with E-state index in [1.165, 1.54) is 20.2 Å². The maximum Gasteiger partial charge on any atom is 0.421 e. The number of aromatic nitrogens is 4. The van der Waals surface area contributed by atoms with Gasteiger partial charge in [0.1, 0.15) is 18.1 Å². The lowest BCUT2D eigenvalue weighted by Crippen LogP contribution is -2.31.